The summed E-state index contributed by atoms with van der Waals surface area (Å²) in [6.07, 6.45) is -3.45. The van der Waals surface area contributed by atoms with E-state index >= 15 is 0 Å². The second kappa shape index (κ2) is 5.58. The van der Waals surface area contributed by atoms with Crippen LogP contribution in [0.5, 0.6) is 0 Å². The molecule has 1 aromatic heterocycles. The monoisotopic (exact) mass is 377 g/mol. The minimum absolute atomic E-state index is 0.0287. The van der Waals surface area contributed by atoms with E-state index in [9.17, 15) is 18.0 Å². The third-order valence-corrected chi connectivity index (χ3v) is 4.90. The molecule has 0 fully saturated rings. The molecule has 27 heavy (non-hydrogen) atoms. The van der Waals surface area contributed by atoms with Gasteiger partial charge in [0.15, 0.2) is 5.78 Å². The maximum Gasteiger partial charge on any atom is 0.416 e. The summed E-state index contributed by atoms with van der Waals surface area (Å²) in [7, 11) is 0. The fourth-order valence-electron chi connectivity index (χ4n) is 3.79. The number of rotatable bonds is 1. The molecule has 1 atom stereocenters. The molecule has 0 amide bonds. The smallest absolute Gasteiger partial charge is 0.366 e. The fourth-order valence-corrected chi connectivity index (χ4v) is 3.79. The number of nitrogens with two attached hydrogens (primary N) is 1. The molecule has 1 aromatic carbocycles. The van der Waals surface area contributed by atoms with Gasteiger partial charge in [0.25, 0.3) is 0 Å². The number of nitrogens with zero attached hydrogens (tertiary/aromatic N) is 3. The van der Waals surface area contributed by atoms with E-state index in [4.69, 9.17) is 5.73 Å². The van der Waals surface area contributed by atoms with E-state index in [1.807, 2.05) is 13.8 Å². The normalized spacial score (nSPS) is 21.5. The van der Waals surface area contributed by atoms with Gasteiger partial charge in [0.2, 0.25) is 11.9 Å². The quantitative estimate of drug-likeness (QED) is 0.794. The molecule has 4 rings (SSSR count). The van der Waals surface area contributed by atoms with E-state index in [1.54, 1.807) is 0 Å². The number of hydrogen-bond donors (Lipinski definition) is 2. The van der Waals surface area contributed by atoms with Gasteiger partial charge >= 0.3 is 6.18 Å². The average molecular weight is 377 g/mol. The van der Waals surface area contributed by atoms with Crippen LogP contribution < -0.4 is 11.1 Å². The van der Waals surface area contributed by atoms with Crippen LogP contribution in [-0.2, 0) is 11.0 Å². The summed E-state index contributed by atoms with van der Waals surface area (Å²) >= 11 is 0. The van der Waals surface area contributed by atoms with Gasteiger partial charge in [-0.25, -0.2) is 4.68 Å². The van der Waals surface area contributed by atoms with Crippen LogP contribution in [0.4, 0.5) is 25.1 Å². The van der Waals surface area contributed by atoms with Crippen molar-refractivity contribution in [3.05, 3.63) is 46.7 Å². The highest BCUT2D eigenvalue weighted by molar-refractivity contribution is 6.00. The summed E-state index contributed by atoms with van der Waals surface area (Å²) in [6, 6.07) is 4.10. The number of alkyl halides is 3. The molecule has 9 heteroatoms. The lowest BCUT2D eigenvalue weighted by Gasteiger charge is -2.38. The van der Waals surface area contributed by atoms with E-state index in [-0.39, 0.29) is 17.1 Å². The van der Waals surface area contributed by atoms with Crippen molar-refractivity contribution in [2.24, 2.45) is 5.41 Å². The third-order valence-electron chi connectivity index (χ3n) is 4.90. The fraction of sp³-hybridized carbons (Fsp3) is 0.389. The molecule has 0 bridgehead atoms. The highest BCUT2D eigenvalue weighted by atomic mass is 19.4. The maximum atomic E-state index is 12.9. The number of nitrogen functional groups attached to an aromatic ring is 1. The minimum Gasteiger partial charge on any atom is -0.366 e. The summed E-state index contributed by atoms with van der Waals surface area (Å²) in [4.78, 5) is 17.0. The number of aromatic nitrogens is 3. The number of anilines is 2. The highest BCUT2D eigenvalue weighted by Gasteiger charge is 2.42. The van der Waals surface area contributed by atoms with Crippen molar-refractivity contribution in [3.63, 3.8) is 0 Å². The number of halogens is 3. The summed E-state index contributed by atoms with van der Waals surface area (Å²) < 4.78 is 40.2. The Balaban J connectivity index is 1.85. The Morgan fingerprint density at radius 2 is 1.89 bits per heavy atom. The van der Waals surface area contributed by atoms with Gasteiger partial charge in [-0.1, -0.05) is 26.0 Å². The molecule has 1 aliphatic carbocycles. The van der Waals surface area contributed by atoms with Gasteiger partial charge in [-0.05, 0) is 29.5 Å². The van der Waals surface area contributed by atoms with Crippen LogP contribution in [-0.4, -0.2) is 20.5 Å². The molecule has 0 spiro atoms. The van der Waals surface area contributed by atoms with Gasteiger partial charge < -0.3 is 11.1 Å². The summed E-state index contributed by atoms with van der Waals surface area (Å²) in [5, 5.41) is 7.28. The van der Waals surface area contributed by atoms with Crippen LogP contribution in [0.25, 0.3) is 0 Å². The van der Waals surface area contributed by atoms with Crippen molar-refractivity contribution in [1.29, 1.82) is 0 Å². The first-order valence-corrected chi connectivity index (χ1v) is 8.48. The Morgan fingerprint density at radius 3 is 2.52 bits per heavy atom. The van der Waals surface area contributed by atoms with Crippen LogP contribution in [0.15, 0.2) is 35.5 Å². The predicted molar refractivity (Wildman–Crippen MR) is 92.7 cm³/mol. The summed E-state index contributed by atoms with van der Waals surface area (Å²) in [6.45, 7) is 3.99. The molecule has 0 radical (unpaired) electrons. The molecule has 3 N–H and O–H groups in total. The zero-order chi connectivity index (χ0) is 19.6. The van der Waals surface area contributed by atoms with Crippen LogP contribution in [0.3, 0.4) is 0 Å². The first-order chi connectivity index (χ1) is 12.5. The predicted octanol–water partition coefficient (Wildman–Crippen LogP) is 3.54. The van der Waals surface area contributed by atoms with Crippen LogP contribution >= 0.6 is 0 Å². The lowest BCUT2D eigenvalue weighted by atomic mass is 9.73. The van der Waals surface area contributed by atoms with Crippen molar-refractivity contribution in [1.82, 2.24) is 14.8 Å². The molecule has 0 saturated carbocycles. The minimum atomic E-state index is -4.43. The molecular weight excluding hydrogens is 359 g/mol. The molecule has 2 aliphatic rings. The van der Waals surface area contributed by atoms with E-state index in [0.717, 1.165) is 17.8 Å². The topological polar surface area (TPSA) is 85.8 Å². The molecule has 0 saturated heterocycles. The number of carbonyl (C=O) groups is 1. The second-order valence-electron chi connectivity index (χ2n) is 7.72. The summed E-state index contributed by atoms with van der Waals surface area (Å²) in [5.41, 5.74) is 6.51. The summed E-state index contributed by atoms with van der Waals surface area (Å²) in [5.74, 6) is 0.348. The Hall–Kier alpha value is -2.84. The second-order valence-corrected chi connectivity index (χ2v) is 7.72. The van der Waals surface area contributed by atoms with Gasteiger partial charge in [0.1, 0.15) is 6.04 Å². The largest absolute Gasteiger partial charge is 0.416 e. The number of Topliss-reactive ketones (excluding diaryl/α,β-unsaturated/α-hetero) is 1. The Labute approximate surface area is 153 Å². The highest BCUT2D eigenvalue weighted by Crippen LogP contribution is 2.45. The van der Waals surface area contributed by atoms with Crippen LogP contribution in [0.1, 0.15) is 43.9 Å². The number of fused-ring (bicyclic) bond motifs is 1. The molecule has 2 heterocycles. The third kappa shape index (κ3) is 2.96. The molecule has 142 valence electrons. The van der Waals surface area contributed by atoms with E-state index in [0.29, 0.717) is 29.9 Å². The number of nitrogens with one attached hydrogen (secondary N) is 1. The molecular formula is C18H18F3N5O. The van der Waals surface area contributed by atoms with E-state index in [2.05, 4.69) is 15.4 Å². The average Bonchev–Trinajstić information content (AvgIpc) is 2.90. The van der Waals surface area contributed by atoms with Crippen LogP contribution in [0.2, 0.25) is 0 Å². The van der Waals surface area contributed by atoms with Gasteiger partial charge in [-0.15, -0.1) is 5.10 Å². The van der Waals surface area contributed by atoms with Crippen molar-refractivity contribution < 1.29 is 18.0 Å². The first-order valence-electron chi connectivity index (χ1n) is 8.48. The van der Waals surface area contributed by atoms with Gasteiger partial charge in [0.05, 0.1) is 5.56 Å². The standard InChI is InChI=1S/C18H18F3N5O/c1-17(2)7-11-13(12(27)8-17)14(26-16(23-11)24-15(22)25-26)9-3-5-10(6-4-9)18(19,20)21/h3-6,14H,7-8H2,1-2H3,(H3,22,23,24,25). The zero-order valence-electron chi connectivity index (χ0n) is 14.8. The molecule has 6 nitrogen and oxygen atoms in total. The number of allylic oxidation sites excluding steroid dienone is 2. The van der Waals surface area contributed by atoms with Crippen LogP contribution in [0, 0.1) is 5.41 Å². The molecule has 1 unspecified atom stereocenters. The maximum absolute atomic E-state index is 12.9. The van der Waals surface area contributed by atoms with Crippen molar-refractivity contribution in [2.75, 3.05) is 11.1 Å². The van der Waals surface area contributed by atoms with Gasteiger partial charge in [0, 0.05) is 17.7 Å². The zero-order valence-corrected chi connectivity index (χ0v) is 14.8. The van der Waals surface area contributed by atoms with E-state index in [1.165, 1.54) is 16.8 Å². The van der Waals surface area contributed by atoms with E-state index < -0.39 is 17.8 Å². The van der Waals surface area contributed by atoms with Crippen molar-refractivity contribution in [2.45, 2.75) is 38.9 Å². The lowest BCUT2D eigenvalue weighted by Crippen LogP contribution is -2.36. The van der Waals surface area contributed by atoms with Gasteiger partial charge in [-0.2, -0.15) is 18.2 Å². The first kappa shape index (κ1) is 17.6. The number of carbonyl (C=O) groups excluding carboxylic acids is 1. The number of benzene rings is 1. The van der Waals surface area contributed by atoms with Crippen molar-refractivity contribution in [3.8, 4) is 0 Å². The number of hydrogen-bond acceptors (Lipinski definition) is 5. The molecule has 2 aromatic rings. The number of ketones is 1. The van der Waals surface area contributed by atoms with Crippen molar-refractivity contribution >= 4 is 17.7 Å². The lowest BCUT2D eigenvalue weighted by molar-refractivity contribution is -0.137. The SMILES string of the molecule is CC1(C)CC(=O)C2=C(C1)Nc1nc(N)nn1C2c1ccc(C(F)(F)F)cc1. The molecule has 1 aliphatic heterocycles. The Bertz CT molecular complexity index is 956. The Morgan fingerprint density at radius 1 is 1.22 bits per heavy atom. The van der Waals surface area contributed by atoms with Gasteiger partial charge in [-0.3, -0.25) is 4.79 Å². The Kier molecular flexibility index (Phi) is 3.63.